The number of thiophene rings is 1. The largest absolute Gasteiger partial charge is 0.422 e. The molecule has 1 heterocycles. The minimum atomic E-state index is -5.25. The van der Waals surface area contributed by atoms with Gasteiger partial charge >= 0.3 is 12.4 Å². The molecule has 0 aliphatic rings. The fraction of sp³-hybridized carbons (Fsp3) is 0.0857. The maximum absolute atomic E-state index is 14.7. The zero-order chi connectivity index (χ0) is 35.2. The summed E-state index contributed by atoms with van der Waals surface area (Å²) in [5.74, 6) is -5.02. The van der Waals surface area contributed by atoms with Crippen LogP contribution in [0.25, 0.3) is 64.0 Å². The highest BCUT2D eigenvalue weighted by molar-refractivity contribution is 7.26. The SMILES string of the molecule is Cc1cc(-c2ccc3c(c2)c(=NC#N)c2sc4c(=NC#N)c5cc(-c6cc(F)c(C(F)(F)F)c(F)c6)ccc5c4c23)cc(F)c1C(F)(F)F. The van der Waals surface area contributed by atoms with Gasteiger partial charge in [0.1, 0.15) is 33.7 Å². The Balaban J connectivity index is 1.48. The number of benzene rings is 4. The van der Waals surface area contributed by atoms with E-state index in [2.05, 4.69) is 9.98 Å². The molecule has 0 saturated carbocycles. The third-order valence-electron chi connectivity index (χ3n) is 8.31. The summed E-state index contributed by atoms with van der Waals surface area (Å²) in [6.07, 6.45) is -6.65. The lowest BCUT2D eigenvalue weighted by molar-refractivity contribution is -0.142. The second-order valence-electron chi connectivity index (χ2n) is 11.1. The molecule has 0 fully saturated rings. The predicted octanol–water partition coefficient (Wildman–Crippen LogP) is 10.1. The molecule has 7 rings (SSSR count). The van der Waals surface area contributed by atoms with Crippen molar-refractivity contribution < 1.29 is 39.5 Å². The van der Waals surface area contributed by atoms with Gasteiger partial charge < -0.3 is 0 Å². The highest BCUT2D eigenvalue weighted by atomic mass is 32.1. The molecule has 14 heteroatoms. The fourth-order valence-electron chi connectivity index (χ4n) is 6.40. The van der Waals surface area contributed by atoms with E-state index < -0.39 is 40.9 Å². The number of hydrogen-bond donors (Lipinski definition) is 0. The van der Waals surface area contributed by atoms with Crippen molar-refractivity contribution in [1.29, 1.82) is 10.5 Å². The van der Waals surface area contributed by atoms with Crippen molar-refractivity contribution in [3.05, 3.63) is 106 Å². The van der Waals surface area contributed by atoms with Crippen LogP contribution in [-0.2, 0) is 12.4 Å². The van der Waals surface area contributed by atoms with Gasteiger partial charge in [0.25, 0.3) is 0 Å². The van der Waals surface area contributed by atoms with Crippen molar-refractivity contribution in [1.82, 2.24) is 0 Å². The third-order valence-corrected chi connectivity index (χ3v) is 9.52. The van der Waals surface area contributed by atoms with Gasteiger partial charge in [-0.1, -0.05) is 30.3 Å². The minimum Gasteiger partial charge on any atom is -0.206 e. The predicted molar refractivity (Wildman–Crippen MR) is 165 cm³/mol. The Kier molecular flexibility index (Phi) is 7.08. The molecule has 0 aliphatic heterocycles. The van der Waals surface area contributed by atoms with E-state index in [1.165, 1.54) is 18.2 Å². The second-order valence-corrected chi connectivity index (χ2v) is 12.1. The first kappa shape index (κ1) is 31.8. The maximum atomic E-state index is 14.7. The molecule has 0 spiro atoms. The van der Waals surface area contributed by atoms with Crippen LogP contribution >= 0.6 is 11.3 Å². The molecular weight excluding hydrogens is 679 g/mol. The lowest BCUT2D eigenvalue weighted by atomic mass is 9.97. The molecule has 0 N–H and O–H groups in total. The van der Waals surface area contributed by atoms with Crippen molar-refractivity contribution in [2.45, 2.75) is 19.3 Å². The summed E-state index contributed by atoms with van der Waals surface area (Å²) in [5.41, 5.74) is -3.20. The fourth-order valence-corrected chi connectivity index (χ4v) is 7.74. The monoisotopic (exact) mass is 692 g/mol. The van der Waals surface area contributed by atoms with Crippen molar-refractivity contribution in [2.24, 2.45) is 9.98 Å². The van der Waals surface area contributed by atoms with Gasteiger partial charge in [-0.2, -0.15) is 46.9 Å². The van der Waals surface area contributed by atoms with Gasteiger partial charge in [-0.15, -0.1) is 11.3 Å². The normalized spacial score (nSPS) is 13.3. The van der Waals surface area contributed by atoms with Crippen LogP contribution in [-0.4, -0.2) is 0 Å². The Morgan fingerprint density at radius 1 is 0.551 bits per heavy atom. The van der Waals surface area contributed by atoms with E-state index >= 15 is 0 Å². The Bertz CT molecular complexity index is 2530. The average Bonchev–Trinajstić information content (AvgIpc) is 3.62. The second kappa shape index (κ2) is 10.9. The summed E-state index contributed by atoms with van der Waals surface area (Å²) in [5, 5.41) is 22.6. The van der Waals surface area contributed by atoms with Crippen LogP contribution in [0, 0.1) is 47.3 Å². The highest BCUT2D eigenvalue weighted by Gasteiger charge is 2.38. The first-order chi connectivity index (χ1) is 23.1. The zero-order valence-electron chi connectivity index (χ0n) is 24.4. The third kappa shape index (κ3) is 4.90. The minimum absolute atomic E-state index is 0.151. The summed E-state index contributed by atoms with van der Waals surface area (Å²) in [4.78, 5) is 7.98. The topological polar surface area (TPSA) is 72.3 Å². The molecule has 0 atom stereocenters. The molecule has 0 aliphatic carbocycles. The summed E-state index contributed by atoms with van der Waals surface area (Å²) >= 11 is 1.15. The summed E-state index contributed by atoms with van der Waals surface area (Å²) < 4.78 is 124. The van der Waals surface area contributed by atoms with E-state index in [1.54, 1.807) is 36.7 Å². The number of nitrogens with zero attached hydrogens (tertiary/aromatic N) is 4. The van der Waals surface area contributed by atoms with Gasteiger partial charge in [-0.3, -0.25) is 0 Å². The molecule has 7 aromatic rings. The highest BCUT2D eigenvalue weighted by Crippen LogP contribution is 2.44. The Morgan fingerprint density at radius 2 is 0.959 bits per heavy atom. The zero-order valence-corrected chi connectivity index (χ0v) is 25.2. The molecule has 0 bridgehead atoms. The van der Waals surface area contributed by atoms with E-state index in [-0.39, 0.29) is 33.0 Å². The maximum Gasteiger partial charge on any atom is 0.422 e. The number of alkyl halides is 6. The Hall–Kier alpha value is -5.73. The van der Waals surface area contributed by atoms with Crippen LogP contribution in [0.15, 0.2) is 70.6 Å². The standard InChI is InChI=1S/C35H13F9N4S/c1-14-6-17(9-23(36)28(14)34(39,40)41)15-2-4-19-21(7-15)30(47-12-45)32-26(19)27-20-5-3-16(8-22(20)31(48-13-46)33(27)49-32)18-10-24(37)29(25(38)11-18)35(42,43)44/h2-11H,1H3. The molecule has 4 nitrogen and oxygen atoms in total. The van der Waals surface area contributed by atoms with Crippen molar-refractivity contribution in [3.8, 4) is 34.6 Å². The molecule has 0 amide bonds. The van der Waals surface area contributed by atoms with Crippen LogP contribution in [0.4, 0.5) is 39.5 Å². The van der Waals surface area contributed by atoms with E-state index in [1.807, 2.05) is 0 Å². The Labute approximate surface area is 272 Å². The lowest BCUT2D eigenvalue weighted by Crippen LogP contribution is -2.11. The van der Waals surface area contributed by atoms with E-state index in [0.29, 0.717) is 59.4 Å². The van der Waals surface area contributed by atoms with Crippen LogP contribution < -0.4 is 10.7 Å². The molecule has 49 heavy (non-hydrogen) atoms. The van der Waals surface area contributed by atoms with Gasteiger partial charge in [-0.05, 0) is 75.8 Å². The number of nitriles is 2. The van der Waals surface area contributed by atoms with Crippen LogP contribution in [0.3, 0.4) is 0 Å². The molecule has 0 saturated heterocycles. The van der Waals surface area contributed by atoms with Crippen LogP contribution in [0.1, 0.15) is 16.7 Å². The summed E-state index contributed by atoms with van der Waals surface area (Å²) in [6, 6.07) is 12.4. The van der Waals surface area contributed by atoms with Gasteiger partial charge in [0.05, 0.1) is 15.0 Å². The van der Waals surface area contributed by atoms with Crippen molar-refractivity contribution >= 4 is 53.1 Å². The molecule has 1 aromatic heterocycles. The Morgan fingerprint density at radius 3 is 1.35 bits per heavy atom. The number of aryl methyl sites for hydroxylation is 1. The average molecular weight is 693 g/mol. The van der Waals surface area contributed by atoms with Gasteiger partial charge in [-0.25, -0.2) is 13.2 Å². The number of halogens is 9. The van der Waals surface area contributed by atoms with E-state index in [9.17, 15) is 50.0 Å². The van der Waals surface area contributed by atoms with Crippen molar-refractivity contribution in [3.63, 3.8) is 0 Å². The van der Waals surface area contributed by atoms with Gasteiger partial charge in [0, 0.05) is 21.5 Å². The molecule has 0 unspecified atom stereocenters. The number of rotatable bonds is 2. The van der Waals surface area contributed by atoms with Crippen LogP contribution in [0.2, 0.25) is 0 Å². The lowest BCUT2D eigenvalue weighted by Gasteiger charge is -2.13. The molecular formula is C35H13F9N4S. The number of hydrogen-bond acceptors (Lipinski definition) is 5. The van der Waals surface area contributed by atoms with Gasteiger partial charge in [0.15, 0.2) is 0 Å². The van der Waals surface area contributed by atoms with Crippen LogP contribution in [0.5, 0.6) is 0 Å². The van der Waals surface area contributed by atoms with Gasteiger partial charge in [0.2, 0.25) is 12.4 Å². The van der Waals surface area contributed by atoms with E-state index in [4.69, 9.17) is 0 Å². The summed E-state index contributed by atoms with van der Waals surface area (Å²) in [6.45, 7) is 1.15. The van der Waals surface area contributed by atoms with Crippen molar-refractivity contribution in [2.75, 3.05) is 0 Å². The first-order valence-corrected chi connectivity index (χ1v) is 14.8. The first-order valence-electron chi connectivity index (χ1n) is 14.0. The molecule has 242 valence electrons. The number of fused-ring (bicyclic) bond motifs is 7. The molecule has 6 aromatic carbocycles. The smallest absolute Gasteiger partial charge is 0.206 e. The van der Waals surface area contributed by atoms with E-state index in [0.717, 1.165) is 24.3 Å². The molecule has 0 radical (unpaired) electrons. The summed E-state index contributed by atoms with van der Waals surface area (Å²) in [7, 11) is 0. The quantitative estimate of drug-likeness (QED) is 0.134.